The van der Waals surface area contributed by atoms with E-state index in [0.29, 0.717) is 23.9 Å². The molecule has 0 aliphatic heterocycles. The molecule has 1 aromatic rings. The van der Waals surface area contributed by atoms with Crippen LogP contribution < -0.4 is 4.90 Å². The van der Waals surface area contributed by atoms with Crippen LogP contribution in [0.2, 0.25) is 0 Å². The quantitative estimate of drug-likeness (QED) is 0.824. The molecule has 2 saturated carbocycles. The number of ether oxygens (including phenoxy) is 1. The number of aromatic nitrogens is 2. The van der Waals surface area contributed by atoms with Gasteiger partial charge in [-0.25, -0.2) is 4.79 Å². The summed E-state index contributed by atoms with van der Waals surface area (Å²) in [7, 11) is 0. The smallest absolute Gasteiger partial charge is 0.343 e. The zero-order chi connectivity index (χ0) is 17.8. The lowest BCUT2D eigenvalue weighted by Gasteiger charge is -2.34. The van der Waals surface area contributed by atoms with Gasteiger partial charge in [-0.2, -0.15) is 5.10 Å². The number of nitrogens with zero attached hydrogens (tertiary/aromatic N) is 2. The minimum absolute atomic E-state index is 0.0511. The molecule has 0 spiro atoms. The van der Waals surface area contributed by atoms with E-state index in [4.69, 9.17) is 4.74 Å². The molecule has 1 heterocycles. The monoisotopic (exact) mass is 347 g/mol. The molecule has 138 valence electrons. The van der Waals surface area contributed by atoms with Crippen LogP contribution >= 0.6 is 0 Å². The number of aromatic amines is 1. The van der Waals surface area contributed by atoms with Crippen molar-refractivity contribution < 1.29 is 14.3 Å². The number of hydrogen-bond acceptors (Lipinski definition) is 4. The van der Waals surface area contributed by atoms with E-state index >= 15 is 0 Å². The zero-order valence-corrected chi connectivity index (χ0v) is 15.3. The molecule has 1 amide bonds. The molecule has 2 aliphatic rings. The normalized spacial score (nSPS) is 24.2. The third kappa shape index (κ3) is 3.88. The maximum atomic E-state index is 13.3. The average molecular weight is 347 g/mol. The van der Waals surface area contributed by atoms with Crippen molar-refractivity contribution in [1.29, 1.82) is 0 Å². The van der Waals surface area contributed by atoms with Gasteiger partial charge in [0.25, 0.3) is 0 Å². The second-order valence-corrected chi connectivity index (χ2v) is 7.46. The number of rotatable bonds is 5. The molecule has 0 bridgehead atoms. The molecule has 0 atom stereocenters. The number of anilines is 1. The van der Waals surface area contributed by atoms with E-state index in [2.05, 4.69) is 17.1 Å². The van der Waals surface area contributed by atoms with E-state index in [9.17, 15) is 9.59 Å². The molecule has 0 aromatic carbocycles. The van der Waals surface area contributed by atoms with Crippen LogP contribution in [-0.2, 0) is 9.53 Å². The van der Waals surface area contributed by atoms with Crippen molar-refractivity contribution in [2.24, 2.45) is 11.8 Å². The Morgan fingerprint density at radius 3 is 2.52 bits per heavy atom. The van der Waals surface area contributed by atoms with Gasteiger partial charge in [-0.15, -0.1) is 0 Å². The summed E-state index contributed by atoms with van der Waals surface area (Å²) in [5, 5.41) is 6.94. The number of amides is 1. The van der Waals surface area contributed by atoms with Crippen molar-refractivity contribution in [3.05, 3.63) is 11.8 Å². The average Bonchev–Trinajstić information content (AvgIpc) is 3.28. The first-order chi connectivity index (χ1) is 12.1. The Kier molecular flexibility index (Phi) is 5.76. The maximum absolute atomic E-state index is 13.3. The van der Waals surface area contributed by atoms with Gasteiger partial charge < -0.3 is 4.74 Å². The highest BCUT2D eigenvalue weighted by atomic mass is 16.5. The minimum Gasteiger partial charge on any atom is -0.462 e. The summed E-state index contributed by atoms with van der Waals surface area (Å²) >= 11 is 0. The first-order valence-electron chi connectivity index (χ1n) is 9.65. The van der Waals surface area contributed by atoms with Crippen LogP contribution in [0.15, 0.2) is 6.20 Å². The SMILES string of the molecule is CCOC(=O)c1cn[nH]c1N(C(=O)C1CCC(C)CC1)C1CCCC1. The van der Waals surface area contributed by atoms with Crippen LogP contribution in [-0.4, -0.2) is 34.7 Å². The van der Waals surface area contributed by atoms with Crippen molar-refractivity contribution in [2.75, 3.05) is 11.5 Å². The number of carbonyl (C=O) groups is 2. The molecule has 0 radical (unpaired) electrons. The molecule has 1 aromatic heterocycles. The summed E-state index contributed by atoms with van der Waals surface area (Å²) in [6.07, 6.45) is 9.76. The Bertz CT molecular complexity index is 599. The van der Waals surface area contributed by atoms with Crippen LogP contribution in [0.3, 0.4) is 0 Å². The highest BCUT2D eigenvalue weighted by molar-refractivity contribution is 6.02. The van der Waals surface area contributed by atoms with Gasteiger partial charge in [0.15, 0.2) is 0 Å². The number of hydrogen-bond donors (Lipinski definition) is 1. The molecular weight excluding hydrogens is 318 g/mol. The van der Waals surface area contributed by atoms with Crippen LogP contribution in [0.25, 0.3) is 0 Å². The lowest BCUT2D eigenvalue weighted by molar-refractivity contribution is -0.124. The fraction of sp³-hybridized carbons (Fsp3) is 0.737. The van der Waals surface area contributed by atoms with Crippen molar-refractivity contribution in [1.82, 2.24) is 10.2 Å². The fourth-order valence-electron chi connectivity index (χ4n) is 4.16. The van der Waals surface area contributed by atoms with E-state index in [1.54, 1.807) is 6.92 Å². The second-order valence-electron chi connectivity index (χ2n) is 7.46. The molecular formula is C19H29N3O3. The van der Waals surface area contributed by atoms with E-state index in [1.807, 2.05) is 4.90 Å². The van der Waals surface area contributed by atoms with Crippen LogP contribution in [0.5, 0.6) is 0 Å². The molecule has 3 rings (SSSR count). The van der Waals surface area contributed by atoms with E-state index < -0.39 is 5.97 Å². The Morgan fingerprint density at radius 1 is 1.20 bits per heavy atom. The fourth-order valence-corrected chi connectivity index (χ4v) is 4.16. The molecule has 0 unspecified atom stereocenters. The summed E-state index contributed by atoms with van der Waals surface area (Å²) in [6.45, 7) is 4.34. The third-order valence-electron chi connectivity index (χ3n) is 5.65. The van der Waals surface area contributed by atoms with Crippen LogP contribution in [0.4, 0.5) is 5.82 Å². The zero-order valence-electron chi connectivity index (χ0n) is 15.3. The highest BCUT2D eigenvalue weighted by Crippen LogP contribution is 2.35. The lowest BCUT2D eigenvalue weighted by Crippen LogP contribution is -2.44. The molecule has 6 nitrogen and oxygen atoms in total. The Balaban J connectivity index is 1.87. The predicted octanol–water partition coefficient (Wildman–Crippen LogP) is 3.69. The van der Waals surface area contributed by atoms with Gasteiger partial charge in [0, 0.05) is 12.0 Å². The largest absolute Gasteiger partial charge is 0.462 e. The predicted molar refractivity (Wildman–Crippen MR) is 95.4 cm³/mol. The van der Waals surface area contributed by atoms with Crippen molar-refractivity contribution >= 4 is 17.7 Å². The molecule has 25 heavy (non-hydrogen) atoms. The van der Waals surface area contributed by atoms with Gasteiger partial charge in [-0.1, -0.05) is 19.8 Å². The summed E-state index contributed by atoms with van der Waals surface area (Å²) in [5.74, 6) is 1.00. The van der Waals surface area contributed by atoms with Crippen molar-refractivity contribution in [3.63, 3.8) is 0 Å². The van der Waals surface area contributed by atoms with Gasteiger partial charge >= 0.3 is 5.97 Å². The summed E-state index contributed by atoms with van der Waals surface area (Å²) in [6, 6.07) is 0.153. The summed E-state index contributed by atoms with van der Waals surface area (Å²) in [4.78, 5) is 27.5. The lowest BCUT2D eigenvalue weighted by atomic mass is 9.82. The Morgan fingerprint density at radius 2 is 1.88 bits per heavy atom. The third-order valence-corrected chi connectivity index (χ3v) is 5.65. The number of esters is 1. The number of carbonyl (C=O) groups excluding carboxylic acids is 2. The Labute approximate surface area is 149 Å². The standard InChI is InChI=1S/C19H29N3O3/c1-3-25-19(24)16-12-20-21-17(16)22(15-6-4-5-7-15)18(23)14-10-8-13(2)9-11-14/h12-15H,3-11H2,1-2H3,(H,20,21). The van der Waals surface area contributed by atoms with Gasteiger partial charge in [-0.05, 0) is 51.4 Å². The first kappa shape index (κ1) is 18.0. The Hall–Kier alpha value is -1.85. The van der Waals surface area contributed by atoms with Gasteiger partial charge in [0.05, 0.1) is 12.8 Å². The number of nitrogens with one attached hydrogen (secondary N) is 1. The molecule has 2 fully saturated rings. The molecule has 1 N–H and O–H groups in total. The van der Waals surface area contributed by atoms with Gasteiger partial charge in [0.2, 0.25) is 5.91 Å². The van der Waals surface area contributed by atoms with Crippen LogP contribution in [0, 0.1) is 11.8 Å². The molecule has 2 aliphatic carbocycles. The van der Waals surface area contributed by atoms with Crippen LogP contribution in [0.1, 0.15) is 75.6 Å². The van der Waals surface area contributed by atoms with E-state index in [-0.39, 0.29) is 17.9 Å². The van der Waals surface area contributed by atoms with Gasteiger partial charge in [0.1, 0.15) is 11.4 Å². The van der Waals surface area contributed by atoms with Gasteiger partial charge in [-0.3, -0.25) is 14.8 Å². The highest BCUT2D eigenvalue weighted by Gasteiger charge is 2.36. The molecule has 6 heteroatoms. The topological polar surface area (TPSA) is 75.3 Å². The summed E-state index contributed by atoms with van der Waals surface area (Å²) in [5.41, 5.74) is 0.367. The van der Waals surface area contributed by atoms with Crippen molar-refractivity contribution in [2.45, 2.75) is 71.3 Å². The van der Waals surface area contributed by atoms with E-state index in [0.717, 1.165) is 51.4 Å². The maximum Gasteiger partial charge on any atom is 0.343 e. The van der Waals surface area contributed by atoms with Crippen molar-refractivity contribution in [3.8, 4) is 0 Å². The van der Waals surface area contributed by atoms with E-state index in [1.165, 1.54) is 6.20 Å². The molecule has 0 saturated heterocycles. The summed E-state index contributed by atoms with van der Waals surface area (Å²) < 4.78 is 5.14. The second kappa shape index (κ2) is 8.02. The number of H-pyrrole nitrogens is 1. The minimum atomic E-state index is -0.417. The first-order valence-corrected chi connectivity index (χ1v) is 9.65.